The fraction of sp³-hybridized carbons (Fsp3) is 0.308. The summed E-state index contributed by atoms with van der Waals surface area (Å²) in [6.45, 7) is 2.30. The lowest BCUT2D eigenvalue weighted by molar-refractivity contribution is 0.628. The van der Waals surface area contributed by atoms with E-state index in [1.54, 1.807) is 6.20 Å². The number of nitrogens with two attached hydrogens (primary N) is 1. The molecule has 0 saturated heterocycles. The third-order valence-electron chi connectivity index (χ3n) is 3.32. The van der Waals surface area contributed by atoms with E-state index in [9.17, 15) is 0 Å². The van der Waals surface area contributed by atoms with E-state index in [4.69, 9.17) is 5.73 Å². The Labute approximate surface area is 94.7 Å². The van der Waals surface area contributed by atoms with Crippen LogP contribution in [0.2, 0.25) is 0 Å². The molecule has 1 aromatic heterocycles. The Bertz CT molecular complexity index is 528. The van der Waals surface area contributed by atoms with Crippen LogP contribution in [0.4, 0.5) is 5.82 Å². The van der Waals surface area contributed by atoms with Crippen molar-refractivity contribution in [2.75, 3.05) is 5.73 Å². The molecule has 1 heterocycles. The van der Waals surface area contributed by atoms with Crippen molar-refractivity contribution in [2.24, 2.45) is 5.92 Å². The maximum atomic E-state index is 5.83. The lowest BCUT2D eigenvalue weighted by atomic mass is 10.0. The fourth-order valence-corrected chi connectivity index (χ4v) is 2.53. The molecule has 3 heteroatoms. The Kier molecular flexibility index (Phi) is 1.99. The Morgan fingerprint density at radius 1 is 1.31 bits per heavy atom. The summed E-state index contributed by atoms with van der Waals surface area (Å²) in [5.74, 6) is 1.41. The number of hydrogen-bond donors (Lipinski definition) is 2. The molecule has 16 heavy (non-hydrogen) atoms. The number of aromatic amines is 1. The summed E-state index contributed by atoms with van der Waals surface area (Å²) in [7, 11) is 0. The Balaban J connectivity index is 2.06. The van der Waals surface area contributed by atoms with Crippen LogP contribution in [-0.2, 0) is 12.8 Å². The van der Waals surface area contributed by atoms with Gasteiger partial charge in [0.05, 0.1) is 6.20 Å². The summed E-state index contributed by atoms with van der Waals surface area (Å²) in [6, 6.07) is 6.61. The minimum absolute atomic E-state index is 0.644. The average molecular weight is 213 g/mol. The number of rotatable bonds is 1. The predicted octanol–water partition coefficient (Wildman–Crippen LogP) is 2.39. The number of anilines is 1. The van der Waals surface area contributed by atoms with Crippen LogP contribution in [0.15, 0.2) is 24.4 Å². The number of benzene rings is 1. The van der Waals surface area contributed by atoms with E-state index in [0.717, 1.165) is 11.5 Å². The van der Waals surface area contributed by atoms with Gasteiger partial charge < -0.3 is 5.73 Å². The highest BCUT2D eigenvalue weighted by molar-refractivity contribution is 5.73. The first kappa shape index (κ1) is 9.46. The van der Waals surface area contributed by atoms with Gasteiger partial charge in [-0.1, -0.05) is 25.1 Å². The van der Waals surface area contributed by atoms with Crippen molar-refractivity contribution in [3.8, 4) is 11.1 Å². The molecular weight excluding hydrogens is 198 g/mol. The van der Waals surface area contributed by atoms with Crippen LogP contribution in [0, 0.1) is 5.92 Å². The second kappa shape index (κ2) is 3.37. The number of aromatic nitrogens is 2. The van der Waals surface area contributed by atoms with Crippen LogP contribution >= 0.6 is 0 Å². The zero-order valence-electron chi connectivity index (χ0n) is 9.33. The van der Waals surface area contributed by atoms with Gasteiger partial charge in [-0.15, -0.1) is 0 Å². The molecule has 3 rings (SSSR count). The van der Waals surface area contributed by atoms with Crippen LogP contribution in [0.1, 0.15) is 18.1 Å². The molecule has 3 N–H and O–H groups in total. The first-order valence-corrected chi connectivity index (χ1v) is 5.65. The van der Waals surface area contributed by atoms with Gasteiger partial charge in [-0.05, 0) is 35.4 Å². The molecule has 0 saturated carbocycles. The Hall–Kier alpha value is -1.77. The van der Waals surface area contributed by atoms with Crippen molar-refractivity contribution in [2.45, 2.75) is 19.8 Å². The summed E-state index contributed by atoms with van der Waals surface area (Å²) < 4.78 is 0. The van der Waals surface area contributed by atoms with Crippen LogP contribution in [0.5, 0.6) is 0 Å². The number of nitrogens with zero attached hydrogens (tertiary/aromatic N) is 1. The normalized spacial score (nSPS) is 18.7. The molecule has 3 nitrogen and oxygen atoms in total. The van der Waals surface area contributed by atoms with Crippen molar-refractivity contribution in [3.05, 3.63) is 35.5 Å². The van der Waals surface area contributed by atoms with Crippen LogP contribution < -0.4 is 5.73 Å². The van der Waals surface area contributed by atoms with E-state index in [0.29, 0.717) is 5.82 Å². The largest absolute Gasteiger partial charge is 0.384 e. The quantitative estimate of drug-likeness (QED) is 0.764. The molecule has 2 aromatic rings. The maximum absolute atomic E-state index is 5.83. The van der Waals surface area contributed by atoms with Crippen molar-refractivity contribution < 1.29 is 0 Å². The number of nitrogens with one attached hydrogen (secondary N) is 1. The van der Waals surface area contributed by atoms with Gasteiger partial charge in [-0.25, -0.2) is 0 Å². The molecule has 0 spiro atoms. The lowest BCUT2D eigenvalue weighted by Gasteiger charge is -2.03. The van der Waals surface area contributed by atoms with Crippen LogP contribution in [-0.4, -0.2) is 10.2 Å². The molecule has 1 unspecified atom stereocenters. The van der Waals surface area contributed by atoms with E-state index in [1.807, 2.05) is 0 Å². The fourth-order valence-electron chi connectivity index (χ4n) is 2.53. The number of H-pyrrole nitrogens is 1. The first-order valence-electron chi connectivity index (χ1n) is 5.65. The molecule has 1 aliphatic carbocycles. The maximum Gasteiger partial charge on any atom is 0.126 e. The van der Waals surface area contributed by atoms with E-state index in [-0.39, 0.29) is 0 Å². The molecule has 0 radical (unpaired) electrons. The second-order valence-corrected chi connectivity index (χ2v) is 4.69. The van der Waals surface area contributed by atoms with Crippen LogP contribution in [0.25, 0.3) is 11.1 Å². The van der Waals surface area contributed by atoms with Crippen molar-refractivity contribution >= 4 is 5.82 Å². The highest BCUT2D eigenvalue weighted by atomic mass is 15.1. The minimum Gasteiger partial charge on any atom is -0.384 e. The molecule has 0 amide bonds. The standard InChI is InChI=1S/C13H15N3/c1-8-4-9-2-3-10(6-11(9)5-8)12-7-15-16-13(12)14/h2-3,6-8H,4-5H2,1H3,(H3,14,15,16). The van der Waals surface area contributed by atoms with E-state index >= 15 is 0 Å². The van der Waals surface area contributed by atoms with E-state index < -0.39 is 0 Å². The lowest BCUT2D eigenvalue weighted by Crippen LogP contribution is -1.89. The Morgan fingerprint density at radius 2 is 2.12 bits per heavy atom. The van der Waals surface area contributed by atoms with Gasteiger partial charge >= 0.3 is 0 Å². The van der Waals surface area contributed by atoms with E-state index in [2.05, 4.69) is 35.3 Å². The van der Waals surface area contributed by atoms with Gasteiger partial charge in [0.15, 0.2) is 0 Å². The van der Waals surface area contributed by atoms with Gasteiger partial charge in [0.1, 0.15) is 5.82 Å². The summed E-state index contributed by atoms with van der Waals surface area (Å²) in [5.41, 5.74) is 10.9. The highest BCUT2D eigenvalue weighted by Gasteiger charge is 2.18. The molecule has 1 aliphatic rings. The molecule has 1 aromatic carbocycles. The van der Waals surface area contributed by atoms with Gasteiger partial charge in [-0.2, -0.15) is 5.10 Å². The summed E-state index contributed by atoms with van der Waals surface area (Å²) in [4.78, 5) is 0. The van der Waals surface area contributed by atoms with Gasteiger partial charge in [0.25, 0.3) is 0 Å². The highest BCUT2D eigenvalue weighted by Crippen LogP contribution is 2.31. The predicted molar refractivity (Wildman–Crippen MR) is 65.0 cm³/mol. The SMILES string of the molecule is CC1Cc2ccc(-c3cn[nH]c3N)cc2C1. The molecule has 0 bridgehead atoms. The third kappa shape index (κ3) is 1.40. The van der Waals surface area contributed by atoms with Gasteiger partial charge in [0.2, 0.25) is 0 Å². The molecule has 82 valence electrons. The van der Waals surface area contributed by atoms with Crippen molar-refractivity contribution in [1.29, 1.82) is 0 Å². The zero-order valence-corrected chi connectivity index (χ0v) is 9.33. The first-order chi connectivity index (χ1) is 7.74. The summed E-state index contributed by atoms with van der Waals surface area (Å²) in [5, 5.41) is 6.73. The van der Waals surface area contributed by atoms with E-state index in [1.165, 1.54) is 29.5 Å². The summed E-state index contributed by atoms with van der Waals surface area (Å²) >= 11 is 0. The van der Waals surface area contributed by atoms with Gasteiger partial charge in [-0.3, -0.25) is 5.10 Å². The van der Waals surface area contributed by atoms with Crippen molar-refractivity contribution in [3.63, 3.8) is 0 Å². The number of fused-ring (bicyclic) bond motifs is 1. The third-order valence-corrected chi connectivity index (χ3v) is 3.32. The zero-order chi connectivity index (χ0) is 11.1. The molecule has 0 fully saturated rings. The second-order valence-electron chi connectivity index (χ2n) is 4.69. The minimum atomic E-state index is 0.644. The smallest absolute Gasteiger partial charge is 0.126 e. The number of hydrogen-bond acceptors (Lipinski definition) is 2. The van der Waals surface area contributed by atoms with Crippen LogP contribution in [0.3, 0.4) is 0 Å². The van der Waals surface area contributed by atoms with Crippen molar-refractivity contribution in [1.82, 2.24) is 10.2 Å². The van der Waals surface area contributed by atoms with Gasteiger partial charge in [0, 0.05) is 5.56 Å². The average Bonchev–Trinajstić information content (AvgIpc) is 2.81. The molecule has 1 atom stereocenters. The monoisotopic (exact) mass is 213 g/mol. The molecule has 0 aliphatic heterocycles. The topological polar surface area (TPSA) is 54.7 Å². The Morgan fingerprint density at radius 3 is 2.88 bits per heavy atom. The molecular formula is C13H15N3. The summed E-state index contributed by atoms with van der Waals surface area (Å²) in [6.07, 6.45) is 4.17. The number of nitrogen functional groups attached to an aromatic ring is 1.